The first-order chi connectivity index (χ1) is 17.2. The molecule has 2 N–H and O–H groups in total. The fraction of sp³-hybridized carbons (Fsp3) is 0.0769. The van der Waals surface area contributed by atoms with Crippen LogP contribution in [-0.2, 0) is 21.2 Å². The number of anilines is 1. The van der Waals surface area contributed by atoms with Gasteiger partial charge in [-0.15, -0.1) is 0 Å². The van der Waals surface area contributed by atoms with Crippen LogP contribution < -0.4 is 14.8 Å². The molecule has 1 amide bonds. The van der Waals surface area contributed by atoms with Crippen molar-refractivity contribution >= 4 is 21.6 Å². The van der Waals surface area contributed by atoms with Crippen LogP contribution in [0.4, 0.5) is 14.5 Å². The molecule has 4 rings (SSSR count). The van der Waals surface area contributed by atoms with Crippen molar-refractivity contribution < 1.29 is 26.7 Å². The molecule has 0 radical (unpaired) electrons. The van der Waals surface area contributed by atoms with Gasteiger partial charge in [0.1, 0.15) is 23.1 Å². The van der Waals surface area contributed by atoms with Crippen molar-refractivity contribution in [1.29, 1.82) is 0 Å². The molecule has 10 heteroatoms. The fourth-order valence-electron chi connectivity index (χ4n) is 3.40. The summed E-state index contributed by atoms with van der Waals surface area (Å²) in [5.41, 5.74) is 1.65. The smallest absolute Gasteiger partial charge is 0.240 e. The van der Waals surface area contributed by atoms with Crippen LogP contribution in [-0.4, -0.2) is 26.4 Å². The third-order valence-corrected chi connectivity index (χ3v) is 6.56. The van der Waals surface area contributed by atoms with Crippen molar-refractivity contribution in [2.75, 3.05) is 12.4 Å². The molecule has 7 nitrogen and oxygen atoms in total. The number of nitrogens with one attached hydrogen (secondary N) is 2. The molecule has 184 valence electrons. The van der Waals surface area contributed by atoms with Crippen LogP contribution in [0.1, 0.15) is 5.56 Å². The summed E-state index contributed by atoms with van der Waals surface area (Å²) in [6.45, 7) is 0. The van der Waals surface area contributed by atoms with Gasteiger partial charge < -0.3 is 10.1 Å². The monoisotopic (exact) mass is 509 g/mol. The first-order valence-corrected chi connectivity index (χ1v) is 12.2. The zero-order valence-corrected chi connectivity index (χ0v) is 19.9. The summed E-state index contributed by atoms with van der Waals surface area (Å²) in [6.07, 6.45) is 1.38. The lowest BCUT2D eigenvalue weighted by Crippen LogP contribution is -2.18. The van der Waals surface area contributed by atoms with Gasteiger partial charge in [0.15, 0.2) is 5.75 Å². The third kappa shape index (κ3) is 6.09. The first kappa shape index (κ1) is 25.0. The van der Waals surface area contributed by atoms with Crippen molar-refractivity contribution in [2.24, 2.45) is 0 Å². The van der Waals surface area contributed by atoms with Gasteiger partial charge in [0.25, 0.3) is 0 Å². The second kappa shape index (κ2) is 10.6. The predicted molar refractivity (Wildman–Crippen MR) is 131 cm³/mol. The van der Waals surface area contributed by atoms with E-state index < -0.39 is 21.7 Å². The Balaban J connectivity index is 1.57. The minimum absolute atomic E-state index is 0.0222. The SMILES string of the molecule is CNS(=O)(=O)c1ccc(CC(=O)Nc2cnc(-c3cccc(F)c3)c(Oc3cccc(F)c3)c2)cc1. The lowest BCUT2D eigenvalue weighted by Gasteiger charge is -2.13. The molecule has 0 atom stereocenters. The van der Waals surface area contributed by atoms with Gasteiger partial charge in [-0.3, -0.25) is 9.78 Å². The Morgan fingerprint density at radius 1 is 0.944 bits per heavy atom. The molecular formula is C26H21F2N3O4S. The maximum Gasteiger partial charge on any atom is 0.240 e. The Bertz CT molecular complexity index is 1510. The maximum atomic E-state index is 13.8. The number of carbonyl (C=O) groups is 1. The fourth-order valence-corrected chi connectivity index (χ4v) is 4.13. The van der Waals surface area contributed by atoms with E-state index in [2.05, 4.69) is 15.0 Å². The normalized spacial score (nSPS) is 11.2. The number of rotatable bonds is 8. The van der Waals surface area contributed by atoms with Crippen molar-refractivity contribution in [3.05, 3.63) is 102 Å². The summed E-state index contributed by atoms with van der Waals surface area (Å²) in [5.74, 6) is -0.945. The van der Waals surface area contributed by atoms with Gasteiger partial charge in [0.05, 0.1) is 23.2 Å². The van der Waals surface area contributed by atoms with Crippen LogP contribution in [0.3, 0.4) is 0 Å². The van der Waals surface area contributed by atoms with Gasteiger partial charge in [-0.2, -0.15) is 0 Å². The zero-order chi connectivity index (χ0) is 25.7. The highest BCUT2D eigenvalue weighted by Crippen LogP contribution is 2.34. The van der Waals surface area contributed by atoms with Crippen LogP contribution in [0.25, 0.3) is 11.3 Å². The average Bonchev–Trinajstić information content (AvgIpc) is 2.84. The molecule has 36 heavy (non-hydrogen) atoms. The van der Waals surface area contributed by atoms with E-state index in [1.807, 2.05) is 0 Å². The van der Waals surface area contributed by atoms with E-state index >= 15 is 0 Å². The highest BCUT2D eigenvalue weighted by Gasteiger charge is 2.15. The number of halogens is 2. The quantitative estimate of drug-likeness (QED) is 0.352. The minimum Gasteiger partial charge on any atom is -0.455 e. The Morgan fingerprint density at radius 2 is 1.64 bits per heavy atom. The first-order valence-electron chi connectivity index (χ1n) is 10.8. The summed E-state index contributed by atoms with van der Waals surface area (Å²) >= 11 is 0. The molecule has 4 aromatic rings. The number of amides is 1. The van der Waals surface area contributed by atoms with E-state index in [9.17, 15) is 22.0 Å². The molecule has 1 heterocycles. The lowest BCUT2D eigenvalue weighted by molar-refractivity contribution is -0.115. The largest absolute Gasteiger partial charge is 0.455 e. The number of carbonyl (C=O) groups excluding carboxylic acids is 1. The molecule has 0 unspecified atom stereocenters. The van der Waals surface area contributed by atoms with E-state index in [1.165, 1.54) is 67.8 Å². The van der Waals surface area contributed by atoms with Gasteiger partial charge >= 0.3 is 0 Å². The molecule has 0 aliphatic heterocycles. The second-order valence-corrected chi connectivity index (χ2v) is 9.60. The summed E-state index contributed by atoms with van der Waals surface area (Å²) in [6, 6.07) is 18.7. The van der Waals surface area contributed by atoms with Crippen molar-refractivity contribution in [3.8, 4) is 22.8 Å². The zero-order valence-electron chi connectivity index (χ0n) is 19.0. The van der Waals surface area contributed by atoms with Crippen LogP contribution in [0.15, 0.2) is 90.0 Å². The Labute approximate surface area is 206 Å². The van der Waals surface area contributed by atoms with Crippen LogP contribution in [0, 0.1) is 11.6 Å². The van der Waals surface area contributed by atoms with Crippen LogP contribution in [0.2, 0.25) is 0 Å². The molecule has 0 aliphatic rings. The topological polar surface area (TPSA) is 97.4 Å². The van der Waals surface area contributed by atoms with E-state index in [1.54, 1.807) is 24.3 Å². The lowest BCUT2D eigenvalue weighted by atomic mass is 10.1. The standard InChI is InChI=1S/C26H21F2N3O4S/c1-29-36(33,34)23-10-8-17(9-11-23)12-25(32)31-21-15-24(35-22-7-3-6-20(28)14-22)26(30-16-21)18-4-2-5-19(27)13-18/h2-11,13-16,29H,12H2,1H3,(H,31,32). The maximum absolute atomic E-state index is 13.8. The van der Waals surface area contributed by atoms with Crippen molar-refractivity contribution in [1.82, 2.24) is 9.71 Å². The van der Waals surface area contributed by atoms with Gasteiger partial charge in [-0.25, -0.2) is 21.9 Å². The van der Waals surface area contributed by atoms with Gasteiger partial charge in [0, 0.05) is 17.7 Å². The average molecular weight is 510 g/mol. The van der Waals surface area contributed by atoms with E-state index in [0.717, 1.165) is 0 Å². The molecule has 0 aliphatic carbocycles. The molecule has 0 bridgehead atoms. The molecule has 0 saturated carbocycles. The number of ether oxygens (including phenoxy) is 1. The van der Waals surface area contributed by atoms with Crippen molar-refractivity contribution in [2.45, 2.75) is 11.3 Å². The Hall–Kier alpha value is -4.15. The number of sulfonamides is 1. The van der Waals surface area contributed by atoms with E-state index in [-0.39, 0.29) is 28.7 Å². The van der Waals surface area contributed by atoms with Crippen LogP contribution in [0.5, 0.6) is 11.5 Å². The number of benzene rings is 3. The third-order valence-electron chi connectivity index (χ3n) is 5.13. The van der Waals surface area contributed by atoms with Crippen LogP contribution >= 0.6 is 0 Å². The Kier molecular flexibility index (Phi) is 7.37. The number of aromatic nitrogens is 1. The minimum atomic E-state index is -3.57. The van der Waals surface area contributed by atoms with E-state index in [4.69, 9.17) is 4.74 Å². The van der Waals surface area contributed by atoms with Gasteiger partial charge in [-0.1, -0.05) is 30.3 Å². The molecule has 0 fully saturated rings. The highest BCUT2D eigenvalue weighted by molar-refractivity contribution is 7.89. The Morgan fingerprint density at radius 3 is 2.31 bits per heavy atom. The summed E-state index contributed by atoms with van der Waals surface area (Å²) in [4.78, 5) is 17.1. The molecule has 3 aromatic carbocycles. The van der Waals surface area contributed by atoms with Crippen molar-refractivity contribution in [3.63, 3.8) is 0 Å². The second-order valence-electron chi connectivity index (χ2n) is 7.72. The molecule has 0 saturated heterocycles. The summed E-state index contributed by atoms with van der Waals surface area (Å²) in [5, 5.41) is 2.71. The number of hydrogen-bond donors (Lipinski definition) is 2. The van der Waals surface area contributed by atoms with Gasteiger partial charge in [0.2, 0.25) is 15.9 Å². The molecular weight excluding hydrogens is 488 g/mol. The molecule has 0 spiro atoms. The van der Waals surface area contributed by atoms with Gasteiger partial charge in [-0.05, 0) is 49.0 Å². The number of nitrogens with zero attached hydrogens (tertiary/aromatic N) is 1. The van der Waals surface area contributed by atoms with E-state index in [0.29, 0.717) is 22.5 Å². The predicted octanol–water partition coefficient (Wildman–Crippen LogP) is 4.91. The summed E-state index contributed by atoms with van der Waals surface area (Å²) in [7, 11) is -2.26. The highest BCUT2D eigenvalue weighted by atomic mass is 32.2. The number of hydrogen-bond acceptors (Lipinski definition) is 5. The molecule has 1 aromatic heterocycles. The number of pyridine rings is 1. The summed E-state index contributed by atoms with van der Waals surface area (Å²) < 4.78 is 59.3.